The van der Waals surface area contributed by atoms with Crippen molar-refractivity contribution in [2.45, 2.75) is 30.9 Å². The molecule has 10 heteroatoms. The molecule has 8 nitrogen and oxygen atoms in total. The van der Waals surface area contributed by atoms with E-state index in [2.05, 4.69) is 15.5 Å². The fourth-order valence-corrected chi connectivity index (χ4v) is 3.84. The first-order valence-corrected chi connectivity index (χ1v) is 9.28. The molecule has 0 aromatic carbocycles. The van der Waals surface area contributed by atoms with Gasteiger partial charge in [-0.2, -0.15) is 0 Å². The van der Waals surface area contributed by atoms with Crippen molar-refractivity contribution in [1.82, 2.24) is 20.4 Å². The molecule has 3 aliphatic heterocycles. The van der Waals surface area contributed by atoms with E-state index in [-0.39, 0.29) is 42.7 Å². The lowest BCUT2D eigenvalue weighted by Crippen LogP contribution is -2.56. The summed E-state index contributed by atoms with van der Waals surface area (Å²) in [5.41, 5.74) is -0.754. The number of hydrogen-bond donors (Lipinski definition) is 2. The largest absolute Gasteiger partial charge is 0.379 e. The maximum Gasteiger partial charge on any atom is 0.252 e. The molecule has 0 aromatic heterocycles. The van der Waals surface area contributed by atoms with E-state index in [9.17, 15) is 9.59 Å². The van der Waals surface area contributed by atoms with Gasteiger partial charge in [0.15, 0.2) is 0 Å². The van der Waals surface area contributed by atoms with Crippen LogP contribution in [-0.4, -0.2) is 99.4 Å². The number of amides is 2. The Balaban J connectivity index is 0.00000182. The number of halogens is 2. The van der Waals surface area contributed by atoms with Gasteiger partial charge in [-0.05, 0) is 25.9 Å². The van der Waals surface area contributed by atoms with Gasteiger partial charge in [-0.15, -0.1) is 24.8 Å². The van der Waals surface area contributed by atoms with Crippen LogP contribution < -0.4 is 10.6 Å². The van der Waals surface area contributed by atoms with Gasteiger partial charge in [-0.1, -0.05) is 0 Å². The third-order valence-corrected chi connectivity index (χ3v) is 5.56. The summed E-state index contributed by atoms with van der Waals surface area (Å²) in [5.74, 6) is 0.0414. The molecule has 2 amide bonds. The fraction of sp³-hybridized carbons (Fsp3) is 0.882. The average molecular weight is 427 g/mol. The number of hydrogen-bond acceptors (Lipinski definition) is 6. The average Bonchev–Trinajstić information content (AvgIpc) is 3.00. The molecule has 3 rings (SSSR count). The van der Waals surface area contributed by atoms with Crippen molar-refractivity contribution < 1.29 is 19.1 Å². The molecule has 3 heterocycles. The van der Waals surface area contributed by atoms with Gasteiger partial charge in [0.1, 0.15) is 5.60 Å². The van der Waals surface area contributed by atoms with Gasteiger partial charge in [0, 0.05) is 46.3 Å². The fourth-order valence-electron chi connectivity index (χ4n) is 3.84. The number of carbonyl (C=O) groups is 2. The molecule has 0 aromatic rings. The van der Waals surface area contributed by atoms with Crippen LogP contribution in [0.1, 0.15) is 19.3 Å². The second-order valence-corrected chi connectivity index (χ2v) is 7.12. The predicted molar refractivity (Wildman–Crippen MR) is 107 cm³/mol. The standard InChI is InChI=1S/C17H30N4O4.2ClH/c1-24-17(2-4-18-5-3-17)16(23)19-14-12-15(22)21(13-14)7-6-20-8-10-25-11-9-20;;/h14,18H,2-13H2,1H3,(H,19,23);2*1H. The van der Waals surface area contributed by atoms with E-state index in [4.69, 9.17) is 9.47 Å². The van der Waals surface area contributed by atoms with E-state index >= 15 is 0 Å². The van der Waals surface area contributed by atoms with Gasteiger partial charge in [0.05, 0.1) is 19.3 Å². The smallest absolute Gasteiger partial charge is 0.252 e. The van der Waals surface area contributed by atoms with Crippen molar-refractivity contribution in [3.63, 3.8) is 0 Å². The Morgan fingerprint density at radius 3 is 2.56 bits per heavy atom. The van der Waals surface area contributed by atoms with Crippen LogP contribution in [-0.2, 0) is 19.1 Å². The van der Waals surface area contributed by atoms with Gasteiger partial charge < -0.3 is 25.0 Å². The molecule has 158 valence electrons. The summed E-state index contributed by atoms with van der Waals surface area (Å²) in [7, 11) is 1.60. The van der Waals surface area contributed by atoms with Gasteiger partial charge in [0.25, 0.3) is 5.91 Å². The normalized spacial score (nSPS) is 25.4. The van der Waals surface area contributed by atoms with Crippen molar-refractivity contribution in [3.8, 4) is 0 Å². The maximum atomic E-state index is 12.7. The quantitative estimate of drug-likeness (QED) is 0.603. The number of methoxy groups -OCH3 is 1. The van der Waals surface area contributed by atoms with Gasteiger partial charge >= 0.3 is 0 Å². The van der Waals surface area contributed by atoms with Crippen LogP contribution >= 0.6 is 24.8 Å². The topological polar surface area (TPSA) is 83.1 Å². The molecule has 0 spiro atoms. The molecule has 27 heavy (non-hydrogen) atoms. The van der Waals surface area contributed by atoms with E-state index in [0.29, 0.717) is 32.4 Å². The van der Waals surface area contributed by atoms with Crippen LogP contribution in [0.3, 0.4) is 0 Å². The van der Waals surface area contributed by atoms with Crippen molar-refractivity contribution >= 4 is 36.6 Å². The first-order chi connectivity index (χ1) is 12.1. The van der Waals surface area contributed by atoms with E-state index in [1.54, 1.807) is 7.11 Å². The van der Waals surface area contributed by atoms with Crippen LogP contribution in [0.25, 0.3) is 0 Å². The Labute approximate surface area is 173 Å². The summed E-state index contributed by atoms with van der Waals surface area (Å²) in [4.78, 5) is 29.1. The number of likely N-dealkylation sites (tertiary alicyclic amines) is 1. The monoisotopic (exact) mass is 426 g/mol. The lowest BCUT2D eigenvalue weighted by Gasteiger charge is -2.35. The van der Waals surface area contributed by atoms with E-state index in [0.717, 1.165) is 45.9 Å². The number of carbonyl (C=O) groups excluding carboxylic acids is 2. The molecule has 1 atom stereocenters. The lowest BCUT2D eigenvalue weighted by atomic mass is 9.90. The van der Waals surface area contributed by atoms with Crippen molar-refractivity contribution in [2.75, 3.05) is 66.1 Å². The van der Waals surface area contributed by atoms with Crippen LogP contribution in [0, 0.1) is 0 Å². The highest BCUT2D eigenvalue weighted by Crippen LogP contribution is 2.23. The second kappa shape index (κ2) is 11.4. The van der Waals surface area contributed by atoms with E-state index in [1.165, 1.54) is 0 Å². The lowest BCUT2D eigenvalue weighted by molar-refractivity contribution is -0.147. The summed E-state index contributed by atoms with van der Waals surface area (Å²) < 4.78 is 10.9. The molecule has 0 bridgehead atoms. The van der Waals surface area contributed by atoms with Gasteiger partial charge in [0.2, 0.25) is 5.91 Å². The Morgan fingerprint density at radius 1 is 1.26 bits per heavy atom. The molecule has 1 unspecified atom stereocenters. The summed E-state index contributed by atoms with van der Waals surface area (Å²) >= 11 is 0. The van der Waals surface area contributed by atoms with E-state index < -0.39 is 5.60 Å². The summed E-state index contributed by atoms with van der Waals surface area (Å²) in [5, 5.41) is 6.30. The number of morpholine rings is 1. The Kier molecular flexibility index (Phi) is 10.3. The summed E-state index contributed by atoms with van der Waals surface area (Å²) in [6.45, 7) is 7.09. The SMILES string of the molecule is COC1(C(=O)NC2CC(=O)N(CCN3CCOCC3)C2)CCNCC1.Cl.Cl. The zero-order valence-electron chi connectivity index (χ0n) is 15.9. The number of piperidine rings is 1. The minimum absolute atomic E-state index is 0. The van der Waals surface area contributed by atoms with Crippen LogP contribution in [0.2, 0.25) is 0 Å². The molecule has 3 fully saturated rings. The first-order valence-electron chi connectivity index (χ1n) is 9.28. The molecule has 3 aliphatic rings. The molecule has 0 radical (unpaired) electrons. The van der Waals surface area contributed by atoms with Crippen molar-refractivity contribution in [2.24, 2.45) is 0 Å². The number of nitrogens with one attached hydrogen (secondary N) is 2. The Hall–Kier alpha value is -0.640. The third kappa shape index (κ3) is 6.17. The van der Waals surface area contributed by atoms with Gasteiger partial charge in [-0.25, -0.2) is 0 Å². The third-order valence-electron chi connectivity index (χ3n) is 5.56. The van der Waals surface area contributed by atoms with Crippen LogP contribution in [0.15, 0.2) is 0 Å². The second-order valence-electron chi connectivity index (χ2n) is 7.12. The zero-order valence-corrected chi connectivity index (χ0v) is 17.5. The maximum absolute atomic E-state index is 12.7. The number of ether oxygens (including phenoxy) is 2. The van der Waals surface area contributed by atoms with Crippen molar-refractivity contribution in [1.29, 1.82) is 0 Å². The summed E-state index contributed by atoms with van der Waals surface area (Å²) in [6, 6.07) is -0.119. The van der Waals surface area contributed by atoms with E-state index in [1.807, 2.05) is 4.90 Å². The molecule has 0 aliphatic carbocycles. The summed E-state index contributed by atoms with van der Waals surface area (Å²) in [6.07, 6.45) is 1.71. The Bertz CT molecular complexity index is 486. The molecular weight excluding hydrogens is 395 g/mol. The predicted octanol–water partition coefficient (Wildman–Crippen LogP) is -0.352. The number of nitrogens with zero attached hydrogens (tertiary/aromatic N) is 2. The highest BCUT2D eigenvalue weighted by Gasteiger charge is 2.42. The number of rotatable bonds is 6. The Morgan fingerprint density at radius 2 is 1.93 bits per heavy atom. The van der Waals surface area contributed by atoms with Crippen molar-refractivity contribution in [3.05, 3.63) is 0 Å². The molecule has 0 saturated carbocycles. The van der Waals surface area contributed by atoms with Crippen LogP contribution in [0.5, 0.6) is 0 Å². The minimum Gasteiger partial charge on any atom is -0.379 e. The molecule has 2 N–H and O–H groups in total. The minimum atomic E-state index is -0.754. The van der Waals surface area contributed by atoms with Crippen LogP contribution in [0.4, 0.5) is 0 Å². The first kappa shape index (κ1) is 24.4. The highest BCUT2D eigenvalue weighted by molar-refractivity contribution is 5.87. The zero-order chi connectivity index (χ0) is 17.7. The molecular formula is C17H32Cl2N4O4. The highest BCUT2D eigenvalue weighted by atomic mass is 35.5. The molecule has 3 saturated heterocycles. The van der Waals surface area contributed by atoms with Gasteiger partial charge in [-0.3, -0.25) is 14.5 Å².